The largest absolute Gasteiger partial charge is 0.316 e. The molecule has 6 nitrogen and oxygen atoms in total. The lowest BCUT2D eigenvalue weighted by molar-refractivity contribution is -0.119. The van der Waals surface area contributed by atoms with Gasteiger partial charge in [-0.15, -0.1) is 11.3 Å². The molecule has 1 aliphatic heterocycles. The number of hydrogen-bond donors (Lipinski definition) is 2. The fraction of sp³-hybridized carbons (Fsp3) is 0.316. The van der Waals surface area contributed by atoms with Crippen LogP contribution in [-0.4, -0.2) is 33.8 Å². The van der Waals surface area contributed by atoms with Crippen molar-refractivity contribution in [3.63, 3.8) is 0 Å². The van der Waals surface area contributed by atoms with Gasteiger partial charge in [-0.2, -0.15) is 5.10 Å². The van der Waals surface area contributed by atoms with Crippen LogP contribution in [-0.2, 0) is 11.8 Å². The number of anilines is 1. The molecule has 0 radical (unpaired) electrons. The quantitative estimate of drug-likeness (QED) is 0.744. The van der Waals surface area contributed by atoms with E-state index in [1.165, 1.54) is 11.3 Å². The predicted molar refractivity (Wildman–Crippen MR) is 103 cm³/mol. The summed E-state index contributed by atoms with van der Waals surface area (Å²) in [5.41, 5.74) is 2.95. The summed E-state index contributed by atoms with van der Waals surface area (Å²) < 4.78 is 1.78. The molecule has 3 aromatic rings. The van der Waals surface area contributed by atoms with E-state index in [1.54, 1.807) is 4.68 Å². The summed E-state index contributed by atoms with van der Waals surface area (Å²) in [4.78, 5) is 17.6. The molecule has 0 bridgehead atoms. The Morgan fingerprint density at radius 3 is 2.85 bits per heavy atom. The summed E-state index contributed by atoms with van der Waals surface area (Å²) in [6.07, 6.45) is 3.84. The van der Waals surface area contributed by atoms with Gasteiger partial charge in [0, 0.05) is 37.8 Å². The van der Waals surface area contributed by atoms with E-state index in [9.17, 15) is 4.79 Å². The van der Waals surface area contributed by atoms with Crippen molar-refractivity contribution in [3.05, 3.63) is 53.3 Å². The third-order valence-corrected chi connectivity index (χ3v) is 5.61. The number of amides is 1. The zero-order valence-electron chi connectivity index (χ0n) is 14.8. The fourth-order valence-corrected chi connectivity index (χ4v) is 4.29. The SMILES string of the molecule is Cc1nc(-c2ccccc2)c(NC(=O)[C@H]2CNC[C@@H]2c2cnn(C)c2)s1. The van der Waals surface area contributed by atoms with Crippen LogP contribution < -0.4 is 10.6 Å². The van der Waals surface area contributed by atoms with E-state index >= 15 is 0 Å². The molecule has 0 spiro atoms. The zero-order chi connectivity index (χ0) is 18.1. The van der Waals surface area contributed by atoms with Crippen molar-refractivity contribution in [1.82, 2.24) is 20.1 Å². The van der Waals surface area contributed by atoms with Crippen molar-refractivity contribution in [2.75, 3.05) is 18.4 Å². The number of rotatable bonds is 4. The Kier molecular flexibility index (Phi) is 4.57. The lowest BCUT2D eigenvalue weighted by Gasteiger charge is -2.16. The first kappa shape index (κ1) is 16.9. The minimum atomic E-state index is -0.120. The lowest BCUT2D eigenvalue weighted by Crippen LogP contribution is -2.27. The predicted octanol–water partition coefficient (Wildman–Crippen LogP) is 2.79. The van der Waals surface area contributed by atoms with Gasteiger partial charge in [-0.25, -0.2) is 4.98 Å². The van der Waals surface area contributed by atoms with Crippen LogP contribution in [0, 0.1) is 12.8 Å². The van der Waals surface area contributed by atoms with Gasteiger partial charge in [0.05, 0.1) is 17.1 Å². The molecule has 1 saturated heterocycles. The van der Waals surface area contributed by atoms with Crippen LogP contribution in [0.25, 0.3) is 11.3 Å². The molecule has 26 heavy (non-hydrogen) atoms. The number of aryl methyl sites for hydroxylation is 2. The Morgan fingerprint density at radius 1 is 1.31 bits per heavy atom. The van der Waals surface area contributed by atoms with Crippen LogP contribution in [0.2, 0.25) is 0 Å². The molecule has 1 aromatic carbocycles. The normalized spacial score (nSPS) is 19.6. The number of nitrogens with zero attached hydrogens (tertiary/aromatic N) is 3. The fourth-order valence-electron chi connectivity index (χ4n) is 3.44. The molecule has 1 fully saturated rings. The second-order valence-electron chi connectivity index (χ2n) is 6.58. The van der Waals surface area contributed by atoms with Gasteiger partial charge in [-0.3, -0.25) is 9.48 Å². The van der Waals surface area contributed by atoms with Crippen molar-refractivity contribution in [1.29, 1.82) is 0 Å². The Morgan fingerprint density at radius 2 is 2.12 bits per heavy atom. The molecule has 7 heteroatoms. The highest BCUT2D eigenvalue weighted by molar-refractivity contribution is 7.16. The third-order valence-electron chi connectivity index (χ3n) is 4.72. The van der Waals surface area contributed by atoms with Crippen LogP contribution in [0.5, 0.6) is 0 Å². The zero-order valence-corrected chi connectivity index (χ0v) is 15.6. The minimum Gasteiger partial charge on any atom is -0.316 e. The van der Waals surface area contributed by atoms with Crippen molar-refractivity contribution in [3.8, 4) is 11.3 Å². The Balaban J connectivity index is 1.57. The van der Waals surface area contributed by atoms with E-state index in [0.29, 0.717) is 6.54 Å². The van der Waals surface area contributed by atoms with Gasteiger partial charge in [0.25, 0.3) is 0 Å². The lowest BCUT2D eigenvalue weighted by atomic mass is 9.90. The van der Waals surface area contributed by atoms with E-state index in [4.69, 9.17) is 0 Å². The number of thiazole rings is 1. The van der Waals surface area contributed by atoms with Crippen molar-refractivity contribution < 1.29 is 4.79 Å². The van der Waals surface area contributed by atoms with Gasteiger partial charge in [0.2, 0.25) is 5.91 Å². The standard InChI is InChI=1S/C19H21N5OS/c1-12-22-17(13-6-4-3-5-7-13)19(26-12)23-18(25)16-10-20-9-15(16)14-8-21-24(2)11-14/h3-8,11,15-16,20H,9-10H2,1-2H3,(H,23,25)/t15-,16+/m1/s1. The van der Waals surface area contributed by atoms with Crippen molar-refractivity contribution in [2.24, 2.45) is 13.0 Å². The molecule has 2 N–H and O–H groups in total. The highest BCUT2D eigenvalue weighted by Crippen LogP contribution is 2.35. The second kappa shape index (κ2) is 7.01. The summed E-state index contributed by atoms with van der Waals surface area (Å²) in [7, 11) is 1.90. The highest BCUT2D eigenvalue weighted by atomic mass is 32.1. The number of nitrogens with one attached hydrogen (secondary N) is 2. The number of carbonyl (C=O) groups is 1. The van der Waals surface area contributed by atoms with Crippen LogP contribution in [0.15, 0.2) is 42.7 Å². The summed E-state index contributed by atoms with van der Waals surface area (Å²) in [5.74, 6) is 0.0489. The van der Waals surface area contributed by atoms with Gasteiger partial charge in [-0.05, 0) is 12.5 Å². The first-order valence-corrected chi connectivity index (χ1v) is 9.46. The van der Waals surface area contributed by atoms with E-state index in [0.717, 1.165) is 33.4 Å². The molecular weight excluding hydrogens is 346 g/mol. The summed E-state index contributed by atoms with van der Waals surface area (Å²) in [6.45, 7) is 3.42. The van der Waals surface area contributed by atoms with Gasteiger partial charge in [0.15, 0.2) is 0 Å². The monoisotopic (exact) mass is 367 g/mol. The maximum absolute atomic E-state index is 13.0. The van der Waals surface area contributed by atoms with Gasteiger partial charge >= 0.3 is 0 Å². The third kappa shape index (κ3) is 3.27. The molecular formula is C19H21N5OS. The van der Waals surface area contributed by atoms with Gasteiger partial charge < -0.3 is 10.6 Å². The Labute approximate surface area is 156 Å². The maximum atomic E-state index is 13.0. The van der Waals surface area contributed by atoms with Crippen LogP contribution in [0.4, 0.5) is 5.00 Å². The molecule has 1 amide bonds. The number of aromatic nitrogens is 3. The molecule has 2 aromatic heterocycles. The maximum Gasteiger partial charge on any atom is 0.230 e. The molecule has 3 heterocycles. The topological polar surface area (TPSA) is 71.8 Å². The van der Waals surface area contributed by atoms with Crippen molar-refractivity contribution >= 4 is 22.2 Å². The molecule has 0 saturated carbocycles. The highest BCUT2D eigenvalue weighted by Gasteiger charge is 2.35. The molecule has 1 aliphatic rings. The van der Waals surface area contributed by atoms with Crippen LogP contribution in [0.1, 0.15) is 16.5 Å². The number of carbonyl (C=O) groups excluding carboxylic acids is 1. The molecule has 4 rings (SSSR count). The van der Waals surface area contributed by atoms with Crippen molar-refractivity contribution in [2.45, 2.75) is 12.8 Å². The molecule has 2 atom stereocenters. The van der Waals surface area contributed by atoms with E-state index in [-0.39, 0.29) is 17.7 Å². The summed E-state index contributed by atoms with van der Waals surface area (Å²) in [5, 5.41) is 12.5. The second-order valence-corrected chi connectivity index (χ2v) is 7.79. The number of benzene rings is 1. The Bertz CT molecular complexity index is 917. The summed E-state index contributed by atoms with van der Waals surface area (Å²) >= 11 is 1.52. The number of hydrogen-bond acceptors (Lipinski definition) is 5. The smallest absolute Gasteiger partial charge is 0.230 e. The van der Waals surface area contributed by atoms with E-state index < -0.39 is 0 Å². The minimum absolute atomic E-state index is 0.0321. The first-order valence-electron chi connectivity index (χ1n) is 8.65. The van der Waals surface area contributed by atoms with Crippen LogP contribution in [0.3, 0.4) is 0 Å². The molecule has 134 valence electrons. The average Bonchev–Trinajstić information content (AvgIpc) is 3.35. The van der Waals surface area contributed by atoms with Crippen LogP contribution >= 0.6 is 11.3 Å². The average molecular weight is 367 g/mol. The van der Waals surface area contributed by atoms with E-state index in [2.05, 4.69) is 20.7 Å². The molecule has 0 unspecified atom stereocenters. The Hall–Kier alpha value is -2.51. The van der Waals surface area contributed by atoms with Gasteiger partial charge in [0.1, 0.15) is 10.7 Å². The first-order chi connectivity index (χ1) is 12.6. The van der Waals surface area contributed by atoms with Gasteiger partial charge in [-0.1, -0.05) is 30.3 Å². The summed E-state index contributed by atoms with van der Waals surface area (Å²) in [6, 6.07) is 9.97. The molecule has 0 aliphatic carbocycles. The van der Waals surface area contributed by atoms with E-state index in [1.807, 2.05) is 56.7 Å².